The number of benzene rings is 9. The molecule has 71 heavy (non-hydrogen) atoms. The van der Waals surface area contributed by atoms with E-state index in [1.807, 2.05) is 84.1 Å². The van der Waals surface area contributed by atoms with Crippen molar-refractivity contribution in [2.75, 3.05) is 11.9 Å². The van der Waals surface area contributed by atoms with Gasteiger partial charge in [-0.25, -0.2) is 0 Å². The van der Waals surface area contributed by atoms with Gasteiger partial charge >= 0.3 is 0 Å². The van der Waals surface area contributed by atoms with Crippen molar-refractivity contribution < 1.29 is 0 Å². The Bertz CT molecular complexity index is 3540. The van der Waals surface area contributed by atoms with Crippen molar-refractivity contribution in [2.45, 2.75) is 32.9 Å². The molecule has 2 aliphatic rings. The predicted molar refractivity (Wildman–Crippen MR) is 314 cm³/mol. The molecule has 0 atom stereocenters. The topological polar surface area (TPSA) is 8.17 Å². The van der Waals surface area contributed by atoms with Gasteiger partial charge in [0.15, 0.2) is 6.71 Å². The molecule has 1 aliphatic carbocycles. The summed E-state index contributed by atoms with van der Waals surface area (Å²) in [6.45, 7) is 6.51. The van der Waals surface area contributed by atoms with Crippen LogP contribution < -0.4 is 15.8 Å². The van der Waals surface area contributed by atoms with Gasteiger partial charge in [-0.05, 0) is 60.3 Å². The molecule has 0 radical (unpaired) electrons. The Kier molecular flexibility index (Phi) is 14.7. The summed E-state index contributed by atoms with van der Waals surface area (Å²) in [5.41, 5.74) is 14.7. The van der Waals surface area contributed by atoms with Crippen LogP contribution in [-0.2, 0) is 12.9 Å². The quantitative estimate of drug-likeness (QED) is 0.151. The summed E-state index contributed by atoms with van der Waals surface area (Å²) in [5, 5.41) is 5.27. The second-order valence-electron chi connectivity index (χ2n) is 18.5. The van der Waals surface area contributed by atoms with E-state index in [1.165, 1.54) is 92.0 Å². The zero-order valence-electron chi connectivity index (χ0n) is 40.9. The van der Waals surface area contributed by atoms with Gasteiger partial charge in [-0.1, -0.05) is 260 Å². The smallest absolute Gasteiger partial charge is 0.206 e. The van der Waals surface area contributed by atoms with Gasteiger partial charge < -0.3 is 9.47 Å². The Morgan fingerprint density at radius 3 is 1.92 bits per heavy atom. The first kappa shape index (κ1) is 46.9. The lowest BCUT2D eigenvalue weighted by atomic mass is 9.39. The van der Waals surface area contributed by atoms with Crippen LogP contribution in [0.4, 0.5) is 5.69 Å². The number of aromatic nitrogens is 1. The first-order valence-electron chi connectivity index (χ1n) is 25.0. The molecule has 0 bridgehead atoms. The van der Waals surface area contributed by atoms with Gasteiger partial charge in [0.25, 0.3) is 0 Å². The summed E-state index contributed by atoms with van der Waals surface area (Å²) in [6, 6.07) is 81.9. The monoisotopic (exact) mass is 932 g/mol. The molecular formula is C66H58B2N2S. The average Bonchev–Trinajstić information content (AvgIpc) is 3.84. The molecule has 13 rings (SSSR count). The molecule has 5 heteroatoms. The van der Waals surface area contributed by atoms with Crippen LogP contribution in [-0.4, -0.2) is 25.0 Å². The minimum atomic E-state index is 0.424. The van der Waals surface area contributed by atoms with Gasteiger partial charge in [-0.3, -0.25) is 0 Å². The van der Waals surface area contributed by atoms with E-state index in [0.717, 1.165) is 19.3 Å². The van der Waals surface area contributed by atoms with Crippen LogP contribution >= 0.6 is 11.3 Å². The molecule has 0 fully saturated rings. The maximum Gasteiger partial charge on any atom is 0.206 e. The summed E-state index contributed by atoms with van der Waals surface area (Å²) < 4.78 is 5.17. The highest BCUT2D eigenvalue weighted by atomic mass is 32.1. The summed E-state index contributed by atoms with van der Waals surface area (Å²) >= 11 is 1.87. The molecule has 1 aliphatic heterocycles. The van der Waals surface area contributed by atoms with E-state index in [2.05, 4.69) is 218 Å². The molecule has 0 spiro atoms. The second kappa shape index (κ2) is 22.3. The average molecular weight is 933 g/mol. The van der Waals surface area contributed by atoms with Crippen molar-refractivity contribution >= 4 is 83.4 Å². The summed E-state index contributed by atoms with van der Waals surface area (Å²) in [5.74, 6) is 0. The Hall–Kier alpha value is -7.85. The van der Waals surface area contributed by atoms with Gasteiger partial charge in [-0.15, -0.1) is 11.3 Å². The van der Waals surface area contributed by atoms with Gasteiger partial charge in [0.1, 0.15) is 0 Å². The largest absolute Gasteiger partial charge is 0.370 e. The maximum atomic E-state index is 2.49. The molecule has 0 saturated carbocycles. The number of anilines is 1. The van der Waals surface area contributed by atoms with Crippen LogP contribution in [0.15, 0.2) is 266 Å². The molecule has 0 N–H and O–H groups in total. The third-order valence-electron chi connectivity index (χ3n) is 13.7. The summed E-state index contributed by atoms with van der Waals surface area (Å²) in [7, 11) is 2.21. The van der Waals surface area contributed by atoms with Crippen LogP contribution in [0.2, 0.25) is 13.6 Å². The van der Waals surface area contributed by atoms with E-state index in [9.17, 15) is 0 Å². The van der Waals surface area contributed by atoms with E-state index in [1.54, 1.807) is 0 Å². The lowest BCUT2D eigenvalue weighted by Gasteiger charge is -2.30. The first-order valence-corrected chi connectivity index (χ1v) is 25.8. The van der Waals surface area contributed by atoms with Gasteiger partial charge in [-0.2, -0.15) is 0 Å². The van der Waals surface area contributed by atoms with E-state index in [4.69, 9.17) is 0 Å². The number of fused-ring (bicyclic) bond motifs is 10. The molecule has 11 aromatic rings. The third-order valence-corrected chi connectivity index (χ3v) is 14.9. The number of para-hydroxylation sites is 1. The highest BCUT2D eigenvalue weighted by molar-refractivity contribution is 7.25. The molecule has 9 aromatic carbocycles. The number of hydrogen-bond donors (Lipinski definition) is 0. The van der Waals surface area contributed by atoms with Crippen molar-refractivity contribution in [2.24, 2.45) is 0 Å². The van der Waals surface area contributed by atoms with Crippen molar-refractivity contribution in [1.82, 2.24) is 4.57 Å². The normalized spacial score (nSPS) is 12.3. The minimum Gasteiger partial charge on any atom is -0.370 e. The van der Waals surface area contributed by atoms with Crippen molar-refractivity contribution in [3.63, 3.8) is 0 Å². The first-order chi connectivity index (χ1) is 35.0. The molecule has 2 nitrogen and oxygen atoms in total. The number of nitrogens with zero attached hydrogens (tertiary/aromatic N) is 2. The molecule has 3 heterocycles. The van der Waals surface area contributed by atoms with Crippen LogP contribution in [0, 0.1) is 0 Å². The molecular weight excluding hydrogens is 874 g/mol. The fraction of sp³-hybridized carbons (Fsp3) is 0.0909. The fourth-order valence-electron chi connectivity index (χ4n) is 10.1. The molecule has 0 saturated heterocycles. The maximum absolute atomic E-state index is 2.49. The molecule has 344 valence electrons. The zero-order chi connectivity index (χ0) is 48.4. The van der Waals surface area contributed by atoms with Crippen LogP contribution in [0.25, 0.3) is 58.8 Å². The molecule has 0 unspecified atom stereocenters. The van der Waals surface area contributed by atoms with E-state index in [-0.39, 0.29) is 0 Å². The van der Waals surface area contributed by atoms with Crippen molar-refractivity contribution in [1.29, 1.82) is 0 Å². The van der Waals surface area contributed by atoms with E-state index in [0.29, 0.717) is 13.4 Å². The van der Waals surface area contributed by atoms with Crippen LogP contribution in [0.5, 0.6) is 0 Å². The summed E-state index contributed by atoms with van der Waals surface area (Å²) in [6.07, 6.45) is 13.2. The minimum absolute atomic E-state index is 0.424. The molecule has 0 amide bonds. The van der Waals surface area contributed by atoms with Crippen molar-refractivity contribution in [3.8, 4) is 16.8 Å². The highest BCUT2D eigenvalue weighted by Gasteiger charge is 2.26. The van der Waals surface area contributed by atoms with Gasteiger partial charge in [0, 0.05) is 61.5 Å². The second-order valence-corrected chi connectivity index (χ2v) is 19.6. The molecule has 2 aromatic heterocycles. The Morgan fingerprint density at radius 2 is 1.15 bits per heavy atom. The van der Waals surface area contributed by atoms with Crippen molar-refractivity contribution in [3.05, 3.63) is 278 Å². The number of hydrogen-bond acceptors (Lipinski definition) is 2. The Morgan fingerprint density at radius 1 is 0.521 bits per heavy atom. The number of thiophene rings is 1. The fourth-order valence-corrected chi connectivity index (χ4v) is 11.1. The Balaban J connectivity index is 0.000000139. The van der Waals surface area contributed by atoms with Gasteiger partial charge in [0.2, 0.25) is 6.71 Å². The van der Waals surface area contributed by atoms with Gasteiger partial charge in [0.05, 0.1) is 11.0 Å². The summed E-state index contributed by atoms with van der Waals surface area (Å²) in [4.78, 5) is 2.38. The SMILES string of the molecule is CB(Cc1ccccc1)c1cccc(B(C)C2=CC=CCC=C2)c1.CN1Cc2ccccc2-c2c1ccc1c3ccccc3n(-c3ccc4sc5ccccc5c4c3)c21.c1ccccc1.c1ccccc1. The lowest BCUT2D eigenvalue weighted by molar-refractivity contribution is 0.911. The van der Waals surface area contributed by atoms with Crippen LogP contribution in [0.3, 0.4) is 0 Å². The predicted octanol–water partition coefficient (Wildman–Crippen LogP) is 16.3. The van der Waals surface area contributed by atoms with E-state index >= 15 is 0 Å². The Labute approximate surface area is 424 Å². The number of allylic oxidation sites excluding steroid dienone is 6. The highest BCUT2D eigenvalue weighted by Crippen LogP contribution is 2.47. The third kappa shape index (κ3) is 10.5. The zero-order valence-corrected chi connectivity index (χ0v) is 41.7. The van der Waals surface area contributed by atoms with Crippen LogP contribution in [0.1, 0.15) is 17.5 Å². The standard InChI is InChI=1S/C32H22N2S.C22H24B2.2C6H6/c1-33-19-20-8-2-3-9-22(20)31-28(33)16-15-25-23-10-4-6-12-27(23)34(32(25)31)21-14-17-30-26(18-21)24-11-5-7-13-29(24)35-30;1-23(18-19-11-6-5-7-12-19)21-15-10-16-22(17-21)24(2)20-13-8-3-4-9-14-20;2*1-2-4-6-5-3-1/h2-18H,19H2,1H3;3,5-17H,4,18H2,1-2H3;2*1-6H. The van der Waals surface area contributed by atoms with E-state index < -0.39 is 0 Å². The lowest BCUT2D eigenvalue weighted by Crippen LogP contribution is -2.36. The number of rotatable bonds is 6.